The summed E-state index contributed by atoms with van der Waals surface area (Å²) in [5, 5.41) is 3.41. The third-order valence-corrected chi connectivity index (χ3v) is 6.32. The molecule has 0 bridgehead atoms. The van der Waals surface area contributed by atoms with Crippen LogP contribution in [0.4, 0.5) is 5.69 Å². The lowest BCUT2D eigenvalue weighted by atomic mass is 10.1. The number of halogens is 1. The topological polar surface area (TPSA) is 59.9 Å². The average molecular weight is 523 g/mol. The largest absolute Gasteiger partial charge is 0.493 e. The van der Waals surface area contributed by atoms with Gasteiger partial charge in [0.1, 0.15) is 6.61 Å². The van der Waals surface area contributed by atoms with Gasteiger partial charge in [0.15, 0.2) is 16.7 Å². The molecule has 1 aliphatic heterocycles. The molecule has 1 heterocycles. The predicted octanol–water partition coefficient (Wildman–Crippen LogP) is 6.55. The van der Waals surface area contributed by atoms with Crippen molar-refractivity contribution in [3.63, 3.8) is 0 Å². The molecule has 33 heavy (non-hydrogen) atoms. The van der Waals surface area contributed by atoms with E-state index >= 15 is 0 Å². The second kappa shape index (κ2) is 10.3. The number of carbonyl (C=O) groups is 1. The van der Waals surface area contributed by atoms with Gasteiger partial charge in [-0.05, 0) is 90.3 Å². The molecule has 0 radical (unpaired) electrons. The number of benzene rings is 3. The standard InChI is InChI=1S/C26H23BrN2O3S/c1-16-10-17(2)12-21(11-16)28-26-29-25(30)24(33-26)14-19-6-9-22(23(13-19)31-3)32-15-18-4-7-20(27)8-5-18/h4-14H,15H2,1-3H3,(H,28,29,30). The number of nitrogens with zero attached hydrogens (tertiary/aromatic N) is 1. The predicted molar refractivity (Wildman–Crippen MR) is 138 cm³/mol. The van der Waals surface area contributed by atoms with Crippen molar-refractivity contribution in [2.75, 3.05) is 7.11 Å². The monoisotopic (exact) mass is 522 g/mol. The number of amides is 1. The van der Waals surface area contributed by atoms with E-state index in [2.05, 4.69) is 32.3 Å². The average Bonchev–Trinajstić information content (AvgIpc) is 3.11. The molecule has 0 unspecified atom stereocenters. The molecule has 0 spiro atoms. The van der Waals surface area contributed by atoms with Gasteiger partial charge in [0.2, 0.25) is 0 Å². The summed E-state index contributed by atoms with van der Waals surface area (Å²) in [5.74, 6) is 1.08. The molecule has 1 amide bonds. The third kappa shape index (κ3) is 6.06. The molecule has 0 atom stereocenters. The van der Waals surface area contributed by atoms with Crippen LogP contribution in [0.15, 0.2) is 75.0 Å². The summed E-state index contributed by atoms with van der Waals surface area (Å²) in [4.78, 5) is 17.6. The fourth-order valence-electron chi connectivity index (χ4n) is 3.40. The van der Waals surface area contributed by atoms with Crippen molar-refractivity contribution >= 4 is 50.5 Å². The number of aliphatic imine (C=N–C) groups is 1. The molecule has 0 saturated carbocycles. The molecule has 5 nitrogen and oxygen atoms in total. The van der Waals surface area contributed by atoms with E-state index in [0.29, 0.717) is 28.2 Å². The van der Waals surface area contributed by atoms with Gasteiger partial charge in [-0.2, -0.15) is 0 Å². The normalized spacial score (nSPS) is 15.7. The van der Waals surface area contributed by atoms with Crippen molar-refractivity contribution in [3.05, 3.63) is 92.3 Å². The molecule has 3 aromatic carbocycles. The van der Waals surface area contributed by atoms with Crippen molar-refractivity contribution < 1.29 is 14.3 Å². The summed E-state index contributed by atoms with van der Waals surface area (Å²) in [6, 6.07) is 19.7. The van der Waals surface area contributed by atoms with Gasteiger partial charge in [-0.3, -0.25) is 4.79 Å². The van der Waals surface area contributed by atoms with Crippen LogP contribution in [0, 0.1) is 13.8 Å². The minimum Gasteiger partial charge on any atom is -0.493 e. The number of ether oxygens (including phenoxy) is 2. The van der Waals surface area contributed by atoms with Gasteiger partial charge < -0.3 is 14.8 Å². The van der Waals surface area contributed by atoms with Crippen LogP contribution < -0.4 is 14.8 Å². The van der Waals surface area contributed by atoms with Crippen molar-refractivity contribution in [1.29, 1.82) is 0 Å². The van der Waals surface area contributed by atoms with E-state index in [-0.39, 0.29) is 5.91 Å². The molecular weight excluding hydrogens is 500 g/mol. The highest BCUT2D eigenvalue weighted by Crippen LogP contribution is 2.33. The fourth-order valence-corrected chi connectivity index (χ4v) is 4.51. The molecule has 1 saturated heterocycles. The molecule has 7 heteroatoms. The molecule has 1 fully saturated rings. The Kier molecular flexibility index (Phi) is 7.20. The quantitative estimate of drug-likeness (QED) is 0.373. The summed E-state index contributed by atoms with van der Waals surface area (Å²) >= 11 is 4.76. The number of methoxy groups -OCH3 is 1. The maximum absolute atomic E-state index is 12.5. The Bertz CT molecular complexity index is 1230. The Labute approximate surface area is 206 Å². The summed E-state index contributed by atoms with van der Waals surface area (Å²) < 4.78 is 12.5. The molecule has 168 valence electrons. The van der Waals surface area contributed by atoms with Crippen molar-refractivity contribution in [1.82, 2.24) is 5.32 Å². The highest BCUT2D eigenvalue weighted by Gasteiger charge is 2.24. The number of carbonyl (C=O) groups excluding carboxylic acids is 1. The molecule has 3 aromatic rings. The summed E-state index contributed by atoms with van der Waals surface area (Å²) in [7, 11) is 1.60. The van der Waals surface area contributed by atoms with Gasteiger partial charge in [0.25, 0.3) is 5.91 Å². The van der Waals surface area contributed by atoms with Crippen molar-refractivity contribution in [2.24, 2.45) is 4.99 Å². The van der Waals surface area contributed by atoms with Crippen LogP contribution in [0.25, 0.3) is 6.08 Å². The lowest BCUT2D eigenvalue weighted by molar-refractivity contribution is -0.115. The molecule has 1 aliphatic rings. The summed E-state index contributed by atoms with van der Waals surface area (Å²) in [6.07, 6.45) is 1.82. The van der Waals surface area contributed by atoms with Crippen LogP contribution in [0.2, 0.25) is 0 Å². The highest BCUT2D eigenvalue weighted by molar-refractivity contribution is 9.10. The van der Waals surface area contributed by atoms with Crippen LogP contribution >= 0.6 is 27.7 Å². The van der Waals surface area contributed by atoms with E-state index in [4.69, 9.17) is 9.47 Å². The van der Waals surface area contributed by atoms with E-state index in [0.717, 1.165) is 32.4 Å². The van der Waals surface area contributed by atoms with Gasteiger partial charge in [-0.25, -0.2) is 4.99 Å². The minimum absolute atomic E-state index is 0.169. The number of nitrogens with one attached hydrogen (secondary N) is 1. The Morgan fingerprint density at radius 3 is 2.42 bits per heavy atom. The lowest BCUT2D eigenvalue weighted by Gasteiger charge is -2.11. The van der Waals surface area contributed by atoms with E-state index in [9.17, 15) is 4.79 Å². The zero-order valence-corrected chi connectivity index (χ0v) is 20.9. The van der Waals surface area contributed by atoms with Gasteiger partial charge in [0.05, 0.1) is 17.7 Å². The van der Waals surface area contributed by atoms with Crippen LogP contribution in [-0.2, 0) is 11.4 Å². The number of hydrogen-bond donors (Lipinski definition) is 1. The van der Waals surface area contributed by atoms with Gasteiger partial charge >= 0.3 is 0 Å². The van der Waals surface area contributed by atoms with E-state index < -0.39 is 0 Å². The first-order valence-corrected chi connectivity index (χ1v) is 11.9. The zero-order chi connectivity index (χ0) is 23.4. The van der Waals surface area contributed by atoms with Crippen LogP contribution in [0.5, 0.6) is 11.5 Å². The Morgan fingerprint density at radius 2 is 1.73 bits per heavy atom. The number of hydrogen-bond acceptors (Lipinski definition) is 5. The van der Waals surface area contributed by atoms with E-state index in [1.54, 1.807) is 7.11 Å². The number of aryl methyl sites for hydroxylation is 2. The van der Waals surface area contributed by atoms with E-state index in [1.165, 1.54) is 11.8 Å². The van der Waals surface area contributed by atoms with Crippen molar-refractivity contribution in [2.45, 2.75) is 20.5 Å². The number of amidine groups is 1. The number of rotatable bonds is 6. The first-order chi connectivity index (χ1) is 15.9. The maximum atomic E-state index is 12.5. The summed E-state index contributed by atoms with van der Waals surface area (Å²) in [6.45, 7) is 4.49. The van der Waals surface area contributed by atoms with E-state index in [1.807, 2.05) is 74.5 Å². The van der Waals surface area contributed by atoms with Crippen LogP contribution in [-0.4, -0.2) is 18.2 Å². The Hall–Kier alpha value is -3.03. The van der Waals surface area contributed by atoms with Gasteiger partial charge in [-0.15, -0.1) is 0 Å². The molecule has 0 aliphatic carbocycles. The molecule has 4 rings (SSSR count). The Morgan fingerprint density at radius 1 is 1.00 bits per heavy atom. The molecule has 0 aromatic heterocycles. The lowest BCUT2D eigenvalue weighted by Crippen LogP contribution is -2.19. The second-order valence-corrected chi connectivity index (χ2v) is 9.60. The maximum Gasteiger partial charge on any atom is 0.264 e. The van der Waals surface area contributed by atoms with Crippen LogP contribution in [0.3, 0.4) is 0 Å². The first kappa shape index (κ1) is 23.1. The zero-order valence-electron chi connectivity index (χ0n) is 18.5. The second-order valence-electron chi connectivity index (χ2n) is 7.65. The SMILES string of the molecule is COc1cc(C=C2SC(=Nc3cc(C)cc(C)c3)NC2=O)ccc1OCc1ccc(Br)cc1. The summed E-state index contributed by atoms with van der Waals surface area (Å²) in [5.41, 5.74) is 4.99. The molecular formula is C26H23BrN2O3S. The number of thioether (sulfide) groups is 1. The van der Waals surface area contributed by atoms with Crippen molar-refractivity contribution in [3.8, 4) is 11.5 Å². The van der Waals surface area contributed by atoms with Crippen LogP contribution in [0.1, 0.15) is 22.3 Å². The van der Waals surface area contributed by atoms with Gasteiger partial charge in [0, 0.05) is 4.47 Å². The Balaban J connectivity index is 1.49. The highest BCUT2D eigenvalue weighted by atomic mass is 79.9. The third-order valence-electron chi connectivity index (χ3n) is 4.88. The van der Waals surface area contributed by atoms with Gasteiger partial charge in [-0.1, -0.05) is 40.2 Å². The molecule has 1 N–H and O–H groups in total. The first-order valence-electron chi connectivity index (χ1n) is 10.3. The smallest absolute Gasteiger partial charge is 0.264 e. The minimum atomic E-state index is -0.169. The fraction of sp³-hybridized carbons (Fsp3) is 0.154.